The standard InChI is InChI=1S/C15H26N4O.ClH/c1-11(16-2)9-17-15(20)13-10-19(3)18-14(13)12-7-5-4-6-8-12;/h10-12,16H,4-9H2,1-3H3,(H,17,20);1H. The van der Waals surface area contributed by atoms with E-state index in [1.54, 1.807) is 4.68 Å². The van der Waals surface area contributed by atoms with E-state index in [1.807, 2.05) is 27.2 Å². The van der Waals surface area contributed by atoms with Crippen molar-refractivity contribution in [2.45, 2.75) is 51.0 Å². The molecule has 6 heteroatoms. The summed E-state index contributed by atoms with van der Waals surface area (Å²) in [5, 5.41) is 10.6. The Kier molecular flexibility index (Phi) is 7.18. The molecule has 1 unspecified atom stereocenters. The minimum absolute atomic E-state index is 0. The van der Waals surface area contributed by atoms with E-state index >= 15 is 0 Å². The fourth-order valence-electron chi connectivity index (χ4n) is 2.80. The molecule has 1 fully saturated rings. The third kappa shape index (κ3) is 4.71. The molecule has 2 N–H and O–H groups in total. The molecule has 5 nitrogen and oxygen atoms in total. The zero-order valence-electron chi connectivity index (χ0n) is 13.2. The molecule has 0 radical (unpaired) electrons. The molecule has 0 saturated heterocycles. The lowest BCUT2D eigenvalue weighted by Crippen LogP contribution is -2.37. The first-order valence-electron chi connectivity index (χ1n) is 7.60. The summed E-state index contributed by atoms with van der Waals surface area (Å²) in [4.78, 5) is 12.3. The monoisotopic (exact) mass is 314 g/mol. The van der Waals surface area contributed by atoms with Crippen LogP contribution >= 0.6 is 12.4 Å². The molecule has 1 heterocycles. The molecule has 1 aromatic rings. The Labute approximate surface area is 133 Å². The van der Waals surface area contributed by atoms with Crippen LogP contribution < -0.4 is 10.6 Å². The van der Waals surface area contributed by atoms with Gasteiger partial charge in [-0.15, -0.1) is 12.4 Å². The van der Waals surface area contributed by atoms with Crippen molar-refractivity contribution >= 4 is 18.3 Å². The number of carbonyl (C=O) groups is 1. The van der Waals surface area contributed by atoms with Gasteiger partial charge in [-0.05, 0) is 26.8 Å². The topological polar surface area (TPSA) is 58.9 Å². The predicted molar refractivity (Wildman–Crippen MR) is 87.1 cm³/mol. The van der Waals surface area contributed by atoms with Crippen molar-refractivity contribution in [1.82, 2.24) is 20.4 Å². The van der Waals surface area contributed by atoms with Crippen molar-refractivity contribution in [3.8, 4) is 0 Å². The Bertz CT molecular complexity index is 455. The van der Waals surface area contributed by atoms with Crippen molar-refractivity contribution < 1.29 is 4.79 Å². The van der Waals surface area contributed by atoms with Crippen LogP contribution in [0.4, 0.5) is 0 Å². The smallest absolute Gasteiger partial charge is 0.254 e. The number of aromatic nitrogens is 2. The van der Waals surface area contributed by atoms with Crippen molar-refractivity contribution in [3.05, 3.63) is 17.5 Å². The van der Waals surface area contributed by atoms with Crippen LogP contribution in [-0.4, -0.2) is 35.3 Å². The van der Waals surface area contributed by atoms with Gasteiger partial charge in [0.25, 0.3) is 5.91 Å². The number of carbonyl (C=O) groups excluding carboxylic acids is 1. The summed E-state index contributed by atoms with van der Waals surface area (Å²) in [5.41, 5.74) is 1.74. The summed E-state index contributed by atoms with van der Waals surface area (Å²) in [6, 6.07) is 0.272. The highest BCUT2D eigenvalue weighted by molar-refractivity contribution is 5.95. The van der Waals surface area contributed by atoms with Crippen LogP contribution in [0, 0.1) is 0 Å². The third-order valence-electron chi connectivity index (χ3n) is 4.16. The molecule has 120 valence electrons. The van der Waals surface area contributed by atoms with Crippen molar-refractivity contribution in [2.75, 3.05) is 13.6 Å². The summed E-state index contributed by atoms with van der Waals surface area (Å²) < 4.78 is 1.76. The number of rotatable bonds is 5. The van der Waals surface area contributed by atoms with Crippen LogP contribution in [0.15, 0.2) is 6.20 Å². The SMILES string of the molecule is CNC(C)CNC(=O)c1cn(C)nc1C1CCCCC1.Cl. The number of hydrogen-bond donors (Lipinski definition) is 2. The van der Waals surface area contributed by atoms with E-state index < -0.39 is 0 Å². The van der Waals surface area contributed by atoms with E-state index in [9.17, 15) is 4.79 Å². The quantitative estimate of drug-likeness (QED) is 0.876. The number of likely N-dealkylation sites (N-methyl/N-ethyl adjacent to an activating group) is 1. The van der Waals surface area contributed by atoms with Gasteiger partial charge in [-0.25, -0.2) is 0 Å². The number of nitrogens with one attached hydrogen (secondary N) is 2. The van der Waals surface area contributed by atoms with Crippen LogP contribution in [0.25, 0.3) is 0 Å². The Balaban J connectivity index is 0.00000220. The number of hydrogen-bond acceptors (Lipinski definition) is 3. The molecular weight excluding hydrogens is 288 g/mol. The molecule has 0 aromatic carbocycles. The largest absolute Gasteiger partial charge is 0.350 e. The minimum atomic E-state index is 0. The highest BCUT2D eigenvalue weighted by Crippen LogP contribution is 2.33. The molecule has 1 atom stereocenters. The molecule has 0 spiro atoms. The van der Waals surface area contributed by atoms with Gasteiger partial charge in [0.2, 0.25) is 0 Å². The van der Waals surface area contributed by atoms with Gasteiger partial charge >= 0.3 is 0 Å². The number of amides is 1. The van der Waals surface area contributed by atoms with Gasteiger partial charge in [-0.3, -0.25) is 9.48 Å². The van der Waals surface area contributed by atoms with E-state index in [1.165, 1.54) is 19.3 Å². The van der Waals surface area contributed by atoms with E-state index in [2.05, 4.69) is 15.7 Å². The average molecular weight is 315 g/mol. The number of halogens is 1. The molecule has 21 heavy (non-hydrogen) atoms. The maximum absolute atomic E-state index is 12.3. The van der Waals surface area contributed by atoms with Gasteiger partial charge < -0.3 is 10.6 Å². The van der Waals surface area contributed by atoms with Crippen LogP contribution in [-0.2, 0) is 7.05 Å². The van der Waals surface area contributed by atoms with E-state index in [-0.39, 0.29) is 24.4 Å². The van der Waals surface area contributed by atoms with Crippen LogP contribution in [0.1, 0.15) is 61.0 Å². The molecular formula is C15H27ClN4O. The van der Waals surface area contributed by atoms with Gasteiger partial charge in [0.1, 0.15) is 0 Å². The van der Waals surface area contributed by atoms with Gasteiger partial charge in [-0.1, -0.05) is 19.3 Å². The maximum atomic E-state index is 12.3. The Morgan fingerprint density at radius 3 is 2.71 bits per heavy atom. The second kappa shape index (κ2) is 8.39. The first-order valence-corrected chi connectivity index (χ1v) is 7.60. The molecule has 0 aliphatic heterocycles. The lowest BCUT2D eigenvalue weighted by molar-refractivity contribution is 0.0948. The lowest BCUT2D eigenvalue weighted by atomic mass is 9.85. The summed E-state index contributed by atoms with van der Waals surface area (Å²) in [5.74, 6) is 0.452. The Morgan fingerprint density at radius 1 is 1.43 bits per heavy atom. The first kappa shape index (κ1) is 18.0. The molecule has 0 bridgehead atoms. The van der Waals surface area contributed by atoms with Gasteiger partial charge in [-0.2, -0.15) is 5.10 Å². The highest BCUT2D eigenvalue weighted by atomic mass is 35.5. The summed E-state index contributed by atoms with van der Waals surface area (Å²) in [7, 11) is 3.79. The van der Waals surface area contributed by atoms with E-state index in [0.29, 0.717) is 12.5 Å². The third-order valence-corrected chi connectivity index (χ3v) is 4.16. The Morgan fingerprint density at radius 2 is 2.10 bits per heavy atom. The second-order valence-corrected chi connectivity index (χ2v) is 5.84. The average Bonchev–Trinajstić information content (AvgIpc) is 2.87. The fraction of sp³-hybridized carbons (Fsp3) is 0.733. The zero-order valence-corrected chi connectivity index (χ0v) is 14.0. The van der Waals surface area contributed by atoms with E-state index in [4.69, 9.17) is 0 Å². The lowest BCUT2D eigenvalue weighted by Gasteiger charge is -2.20. The summed E-state index contributed by atoms with van der Waals surface area (Å²) in [6.07, 6.45) is 7.97. The highest BCUT2D eigenvalue weighted by Gasteiger charge is 2.24. The van der Waals surface area contributed by atoms with Crippen molar-refractivity contribution in [2.24, 2.45) is 7.05 Å². The van der Waals surface area contributed by atoms with Crippen LogP contribution in [0.2, 0.25) is 0 Å². The predicted octanol–water partition coefficient (Wildman–Crippen LogP) is 2.23. The molecule has 1 aliphatic rings. The minimum Gasteiger partial charge on any atom is -0.350 e. The summed E-state index contributed by atoms with van der Waals surface area (Å²) >= 11 is 0. The Hall–Kier alpha value is -1.07. The first-order chi connectivity index (χ1) is 9.61. The van der Waals surface area contributed by atoms with Gasteiger partial charge in [0.15, 0.2) is 0 Å². The maximum Gasteiger partial charge on any atom is 0.254 e. The van der Waals surface area contributed by atoms with Crippen molar-refractivity contribution in [1.29, 1.82) is 0 Å². The second-order valence-electron chi connectivity index (χ2n) is 5.84. The van der Waals surface area contributed by atoms with Crippen LogP contribution in [0.3, 0.4) is 0 Å². The van der Waals surface area contributed by atoms with E-state index in [0.717, 1.165) is 24.1 Å². The number of nitrogens with zero attached hydrogens (tertiary/aromatic N) is 2. The van der Waals surface area contributed by atoms with Crippen molar-refractivity contribution in [3.63, 3.8) is 0 Å². The van der Waals surface area contributed by atoms with Crippen LogP contribution in [0.5, 0.6) is 0 Å². The molecule has 2 rings (SSSR count). The zero-order chi connectivity index (χ0) is 14.5. The van der Waals surface area contributed by atoms with Gasteiger partial charge in [0, 0.05) is 31.7 Å². The van der Waals surface area contributed by atoms with Gasteiger partial charge in [0.05, 0.1) is 11.3 Å². The summed E-state index contributed by atoms with van der Waals surface area (Å²) in [6.45, 7) is 2.68. The fourth-order valence-corrected chi connectivity index (χ4v) is 2.80. The molecule has 1 amide bonds. The molecule has 1 aliphatic carbocycles. The molecule has 1 saturated carbocycles. The number of aryl methyl sites for hydroxylation is 1. The molecule has 1 aromatic heterocycles. The normalized spacial score (nSPS) is 17.1.